The third-order valence-corrected chi connectivity index (χ3v) is 3.80. The molecular formula is C19H19F3O3. The zero-order valence-electron chi connectivity index (χ0n) is 14.2. The second-order valence-electron chi connectivity index (χ2n) is 5.85. The number of hydrogen-bond donors (Lipinski definition) is 1. The van der Waals surface area contributed by atoms with Gasteiger partial charge in [0.15, 0.2) is 0 Å². The van der Waals surface area contributed by atoms with Crippen LogP contribution in [0.5, 0.6) is 5.75 Å². The Morgan fingerprint density at radius 2 is 1.68 bits per heavy atom. The summed E-state index contributed by atoms with van der Waals surface area (Å²) >= 11 is 0. The van der Waals surface area contributed by atoms with Crippen molar-refractivity contribution in [3.05, 3.63) is 52.6 Å². The first-order valence-electron chi connectivity index (χ1n) is 7.84. The molecule has 134 valence electrons. The van der Waals surface area contributed by atoms with E-state index >= 15 is 0 Å². The maximum atomic E-state index is 13.2. The lowest BCUT2D eigenvalue weighted by molar-refractivity contribution is -0.138. The number of benzene rings is 2. The second kappa shape index (κ2) is 7.17. The summed E-state index contributed by atoms with van der Waals surface area (Å²) in [6.45, 7) is 6.21. The number of aromatic carboxylic acids is 1. The molecule has 0 aliphatic rings. The lowest BCUT2D eigenvalue weighted by atomic mass is 9.96. The summed E-state index contributed by atoms with van der Waals surface area (Å²) in [6.07, 6.45) is -3.88. The molecule has 0 bridgehead atoms. The van der Waals surface area contributed by atoms with Gasteiger partial charge in [-0.25, -0.2) is 4.79 Å². The summed E-state index contributed by atoms with van der Waals surface area (Å²) in [5.41, 5.74) is 0.622. The monoisotopic (exact) mass is 352 g/mol. The number of halogens is 3. The topological polar surface area (TPSA) is 46.5 Å². The molecule has 0 saturated heterocycles. The average molecular weight is 352 g/mol. The molecule has 0 spiro atoms. The summed E-state index contributed by atoms with van der Waals surface area (Å²) in [5, 5.41) is 8.98. The zero-order valence-corrected chi connectivity index (χ0v) is 14.2. The fourth-order valence-electron chi connectivity index (χ4n) is 2.69. The van der Waals surface area contributed by atoms with E-state index in [2.05, 4.69) is 0 Å². The van der Waals surface area contributed by atoms with Gasteiger partial charge in [-0.1, -0.05) is 13.0 Å². The summed E-state index contributed by atoms with van der Waals surface area (Å²) in [7, 11) is 0. The highest BCUT2D eigenvalue weighted by molar-refractivity contribution is 5.90. The SMILES string of the molecule is CCCOc1c(C)cc(-c2ccc(C(=O)O)c(C(F)(F)F)c2)cc1C. The van der Waals surface area contributed by atoms with E-state index in [1.54, 1.807) is 12.1 Å². The van der Waals surface area contributed by atoms with Crippen molar-refractivity contribution in [2.45, 2.75) is 33.4 Å². The lowest BCUT2D eigenvalue weighted by Crippen LogP contribution is -2.13. The number of aryl methyl sites for hydroxylation is 2. The quantitative estimate of drug-likeness (QED) is 0.775. The van der Waals surface area contributed by atoms with Crippen LogP contribution in [0.4, 0.5) is 13.2 Å². The first-order chi connectivity index (χ1) is 11.6. The first-order valence-corrected chi connectivity index (χ1v) is 7.84. The highest BCUT2D eigenvalue weighted by Gasteiger charge is 2.35. The molecule has 0 aliphatic heterocycles. The van der Waals surface area contributed by atoms with Crippen molar-refractivity contribution in [2.24, 2.45) is 0 Å². The molecule has 3 nitrogen and oxygen atoms in total. The van der Waals surface area contributed by atoms with Gasteiger partial charge in [0, 0.05) is 0 Å². The third kappa shape index (κ3) is 4.13. The molecule has 0 amide bonds. The molecule has 0 radical (unpaired) electrons. The smallest absolute Gasteiger partial charge is 0.417 e. The minimum Gasteiger partial charge on any atom is -0.493 e. The molecule has 0 unspecified atom stereocenters. The molecule has 0 atom stereocenters. The first kappa shape index (κ1) is 18.8. The molecule has 0 aromatic heterocycles. The predicted molar refractivity (Wildman–Crippen MR) is 89.1 cm³/mol. The van der Waals surface area contributed by atoms with E-state index < -0.39 is 23.3 Å². The van der Waals surface area contributed by atoms with Crippen molar-refractivity contribution < 1.29 is 27.8 Å². The lowest BCUT2D eigenvalue weighted by Gasteiger charge is -2.16. The summed E-state index contributed by atoms with van der Waals surface area (Å²) in [6, 6.07) is 6.75. The second-order valence-corrected chi connectivity index (χ2v) is 5.85. The molecule has 2 aromatic rings. The molecule has 0 saturated carbocycles. The fourth-order valence-corrected chi connectivity index (χ4v) is 2.69. The van der Waals surface area contributed by atoms with Gasteiger partial charge in [-0.2, -0.15) is 13.2 Å². The molecule has 0 fully saturated rings. The summed E-state index contributed by atoms with van der Waals surface area (Å²) < 4.78 is 45.2. The molecular weight excluding hydrogens is 333 g/mol. The Labute approximate surface area is 144 Å². The molecule has 2 aromatic carbocycles. The number of carboxylic acids is 1. The number of ether oxygens (including phenoxy) is 1. The molecule has 0 aliphatic carbocycles. The molecule has 0 heterocycles. The third-order valence-electron chi connectivity index (χ3n) is 3.80. The van der Waals surface area contributed by atoms with Gasteiger partial charge in [0.1, 0.15) is 5.75 Å². The van der Waals surface area contributed by atoms with Gasteiger partial charge >= 0.3 is 12.1 Å². The Kier molecular flexibility index (Phi) is 5.40. The number of hydrogen-bond acceptors (Lipinski definition) is 2. The number of rotatable bonds is 5. The van der Waals surface area contributed by atoms with Crippen molar-refractivity contribution in [2.75, 3.05) is 6.61 Å². The van der Waals surface area contributed by atoms with Crippen molar-refractivity contribution >= 4 is 5.97 Å². The normalized spacial score (nSPS) is 11.4. The zero-order chi connectivity index (χ0) is 18.8. The van der Waals surface area contributed by atoms with E-state index in [0.717, 1.165) is 35.4 Å². The van der Waals surface area contributed by atoms with Crippen LogP contribution in [-0.4, -0.2) is 17.7 Å². The van der Waals surface area contributed by atoms with Crippen LogP contribution in [0.3, 0.4) is 0 Å². The van der Waals surface area contributed by atoms with Crippen molar-refractivity contribution in [3.63, 3.8) is 0 Å². The van der Waals surface area contributed by atoms with Gasteiger partial charge in [0.05, 0.1) is 17.7 Å². The molecule has 25 heavy (non-hydrogen) atoms. The van der Waals surface area contributed by atoms with Gasteiger partial charge in [-0.3, -0.25) is 0 Å². The summed E-state index contributed by atoms with van der Waals surface area (Å²) in [5.74, 6) is -0.877. The van der Waals surface area contributed by atoms with E-state index in [1.165, 1.54) is 6.07 Å². The van der Waals surface area contributed by atoms with Crippen LogP contribution in [0.15, 0.2) is 30.3 Å². The number of carbonyl (C=O) groups is 1. The molecule has 6 heteroatoms. The van der Waals surface area contributed by atoms with Crippen LogP contribution in [-0.2, 0) is 6.18 Å². The van der Waals surface area contributed by atoms with Gasteiger partial charge in [-0.15, -0.1) is 0 Å². The Morgan fingerprint density at radius 3 is 2.16 bits per heavy atom. The molecule has 2 rings (SSSR count). The van der Waals surface area contributed by atoms with Crippen LogP contribution < -0.4 is 4.74 Å². The van der Waals surface area contributed by atoms with Gasteiger partial charge in [0.2, 0.25) is 0 Å². The Hall–Kier alpha value is -2.50. The highest BCUT2D eigenvalue weighted by atomic mass is 19.4. The fraction of sp³-hybridized carbons (Fsp3) is 0.316. The minimum atomic E-state index is -4.74. The number of carboxylic acid groups (broad SMARTS) is 1. The largest absolute Gasteiger partial charge is 0.493 e. The van der Waals surface area contributed by atoms with Gasteiger partial charge in [0.25, 0.3) is 0 Å². The van der Waals surface area contributed by atoms with E-state index in [9.17, 15) is 18.0 Å². The van der Waals surface area contributed by atoms with Crippen LogP contribution >= 0.6 is 0 Å². The van der Waals surface area contributed by atoms with Crippen LogP contribution in [0.25, 0.3) is 11.1 Å². The highest BCUT2D eigenvalue weighted by Crippen LogP contribution is 2.36. The van der Waals surface area contributed by atoms with Crippen LogP contribution in [0.2, 0.25) is 0 Å². The molecule has 1 N–H and O–H groups in total. The standard InChI is InChI=1S/C19H19F3O3/c1-4-7-25-17-11(2)8-14(9-12(17)3)13-5-6-15(18(23)24)16(10-13)19(20,21)22/h5-6,8-10H,4,7H2,1-3H3,(H,23,24). The van der Waals surface area contributed by atoms with Crippen molar-refractivity contribution in [1.82, 2.24) is 0 Å². The van der Waals surface area contributed by atoms with E-state index in [1.807, 2.05) is 20.8 Å². The minimum absolute atomic E-state index is 0.311. The predicted octanol–water partition coefficient (Wildman–Crippen LogP) is 5.48. The van der Waals surface area contributed by atoms with Crippen molar-refractivity contribution in [3.8, 4) is 16.9 Å². The van der Waals surface area contributed by atoms with E-state index in [4.69, 9.17) is 9.84 Å². The van der Waals surface area contributed by atoms with Crippen LogP contribution in [0, 0.1) is 13.8 Å². The Bertz CT molecular complexity index is 772. The number of alkyl halides is 3. The van der Waals surface area contributed by atoms with E-state index in [0.29, 0.717) is 17.7 Å². The van der Waals surface area contributed by atoms with Crippen molar-refractivity contribution in [1.29, 1.82) is 0 Å². The Morgan fingerprint density at radius 1 is 1.08 bits per heavy atom. The Balaban J connectivity index is 2.54. The van der Waals surface area contributed by atoms with Gasteiger partial charge < -0.3 is 9.84 Å². The van der Waals surface area contributed by atoms with Gasteiger partial charge in [-0.05, 0) is 66.8 Å². The summed E-state index contributed by atoms with van der Waals surface area (Å²) in [4.78, 5) is 11.1. The average Bonchev–Trinajstić information content (AvgIpc) is 2.52. The van der Waals surface area contributed by atoms with Crippen LogP contribution in [0.1, 0.15) is 40.4 Å². The maximum absolute atomic E-state index is 13.2. The maximum Gasteiger partial charge on any atom is 0.417 e. The van der Waals surface area contributed by atoms with E-state index in [-0.39, 0.29) is 0 Å².